The molecule has 62 valence electrons. The zero-order chi connectivity index (χ0) is 8.77. The molecule has 7 heteroatoms. The van der Waals surface area contributed by atoms with E-state index in [1.54, 1.807) is 0 Å². The number of fused-ring (bicyclic) bond motifs is 1. The van der Waals surface area contributed by atoms with Crippen LogP contribution in [0.15, 0.2) is 16.3 Å². The predicted molar refractivity (Wildman–Crippen MR) is 38.4 cm³/mol. The maximum atomic E-state index is 12.9. The van der Waals surface area contributed by atoms with E-state index in [0.29, 0.717) is 0 Å². The van der Waals surface area contributed by atoms with Crippen molar-refractivity contribution in [2.24, 2.45) is 9.98 Å². The second kappa shape index (κ2) is 2.10. The first-order valence-electron chi connectivity index (χ1n) is 3.02. The van der Waals surface area contributed by atoms with Crippen molar-refractivity contribution in [2.75, 3.05) is 5.73 Å². The molecule has 12 heavy (non-hydrogen) atoms. The third-order valence-corrected chi connectivity index (χ3v) is 1.49. The number of aromatic nitrogens is 2. The first-order chi connectivity index (χ1) is 5.58. The lowest BCUT2D eigenvalue weighted by Crippen LogP contribution is -2.29. The molecule has 0 fully saturated rings. The number of hydrogen-bond donors (Lipinski definition) is 1. The van der Waals surface area contributed by atoms with E-state index in [9.17, 15) is 4.39 Å². The molecule has 1 atom stereocenters. The lowest BCUT2D eigenvalue weighted by atomic mass is 10.5. The Bertz CT molecular complexity index is 442. The van der Waals surface area contributed by atoms with E-state index in [1.807, 2.05) is 0 Å². The smallest absolute Gasteiger partial charge is 0.378 e. The molecule has 0 aromatic carbocycles. The third-order valence-electron chi connectivity index (χ3n) is 1.32. The highest BCUT2D eigenvalue weighted by Gasteiger charge is 2.28. The molecule has 1 aliphatic heterocycles. The second-order valence-electron chi connectivity index (χ2n) is 2.16. The van der Waals surface area contributed by atoms with E-state index in [4.69, 9.17) is 17.3 Å². The summed E-state index contributed by atoms with van der Waals surface area (Å²) < 4.78 is 12.9. The summed E-state index contributed by atoms with van der Waals surface area (Å²) in [5.74, 6) is 0.0731. The van der Waals surface area contributed by atoms with Crippen LogP contribution in [0.1, 0.15) is 0 Å². The average molecular weight is 188 g/mol. The summed E-state index contributed by atoms with van der Waals surface area (Å²) in [6, 6.07) is 0. The van der Waals surface area contributed by atoms with E-state index < -0.39 is 5.38 Å². The zero-order valence-electron chi connectivity index (χ0n) is 5.70. The highest BCUT2D eigenvalue weighted by molar-refractivity contribution is 6.22. The zero-order valence-corrected chi connectivity index (χ0v) is 6.46. The van der Waals surface area contributed by atoms with Gasteiger partial charge in [-0.15, -0.1) is 0 Å². The molecule has 1 aliphatic rings. The SMILES string of the molecule is Nc1ncnc2c1=NC(F)(Cl)N=2. The minimum Gasteiger partial charge on any atom is -0.382 e. The third kappa shape index (κ3) is 1.00. The van der Waals surface area contributed by atoms with E-state index >= 15 is 0 Å². The lowest BCUT2D eigenvalue weighted by molar-refractivity contribution is 0.302. The van der Waals surface area contributed by atoms with E-state index in [1.165, 1.54) is 6.33 Å². The van der Waals surface area contributed by atoms with Crippen LogP contribution >= 0.6 is 11.6 Å². The highest BCUT2D eigenvalue weighted by Crippen LogP contribution is 2.20. The molecule has 2 heterocycles. The molecule has 0 bridgehead atoms. The van der Waals surface area contributed by atoms with Crippen LogP contribution in [-0.4, -0.2) is 15.3 Å². The van der Waals surface area contributed by atoms with E-state index in [-0.39, 0.29) is 16.7 Å². The summed E-state index contributed by atoms with van der Waals surface area (Å²) in [4.78, 5) is 14.0. The molecule has 0 amide bonds. The number of rotatable bonds is 0. The number of halogens is 2. The van der Waals surface area contributed by atoms with E-state index in [0.717, 1.165) is 0 Å². The predicted octanol–water partition coefficient (Wildman–Crippen LogP) is -0.869. The second-order valence-corrected chi connectivity index (χ2v) is 2.65. The molecule has 0 saturated heterocycles. The Kier molecular flexibility index (Phi) is 1.29. The Balaban J connectivity index is 2.86. The Morgan fingerprint density at radius 3 is 2.83 bits per heavy atom. The van der Waals surface area contributed by atoms with Gasteiger partial charge >= 0.3 is 5.38 Å². The van der Waals surface area contributed by atoms with Crippen LogP contribution in [0.4, 0.5) is 10.2 Å². The van der Waals surface area contributed by atoms with Gasteiger partial charge in [-0.1, -0.05) is 0 Å². The van der Waals surface area contributed by atoms with Gasteiger partial charge < -0.3 is 5.73 Å². The van der Waals surface area contributed by atoms with Crippen molar-refractivity contribution in [3.8, 4) is 0 Å². The fourth-order valence-corrected chi connectivity index (χ4v) is 1.02. The number of anilines is 1. The largest absolute Gasteiger partial charge is 0.382 e. The Morgan fingerprint density at radius 2 is 2.17 bits per heavy atom. The summed E-state index contributed by atoms with van der Waals surface area (Å²) in [5.41, 5.74) is 5.45. The monoisotopic (exact) mass is 187 g/mol. The van der Waals surface area contributed by atoms with Crippen molar-refractivity contribution in [3.63, 3.8) is 0 Å². The van der Waals surface area contributed by atoms with Gasteiger partial charge in [0, 0.05) is 0 Å². The minimum absolute atomic E-state index is 0.0731. The van der Waals surface area contributed by atoms with E-state index in [2.05, 4.69) is 20.0 Å². The Labute approximate surface area is 70.8 Å². The molecule has 0 aliphatic carbocycles. The van der Waals surface area contributed by atoms with Crippen LogP contribution in [0.25, 0.3) is 0 Å². The van der Waals surface area contributed by atoms with Gasteiger partial charge in [0.25, 0.3) is 0 Å². The number of nitrogens with two attached hydrogens (primary N) is 1. The normalized spacial score (nSPS) is 25.8. The Hall–Kier alpha value is -1.30. The van der Waals surface area contributed by atoms with Crippen molar-refractivity contribution in [3.05, 3.63) is 17.2 Å². The van der Waals surface area contributed by atoms with Crippen molar-refractivity contribution in [1.82, 2.24) is 9.97 Å². The fourth-order valence-electron chi connectivity index (χ4n) is 0.859. The highest BCUT2D eigenvalue weighted by atomic mass is 35.5. The summed E-state index contributed by atoms with van der Waals surface area (Å²) in [6.45, 7) is 0. The number of hydrogen-bond acceptors (Lipinski definition) is 5. The summed E-state index contributed by atoms with van der Waals surface area (Å²) in [7, 11) is 0. The standard InChI is InChI=1S/C5H3ClFN5/c6-5(7)11-2-3(8)9-1-10-4(2)12-5/h1H,(H2,8,9,10,12). The maximum absolute atomic E-state index is 12.9. The van der Waals surface area contributed by atoms with Gasteiger partial charge in [-0.3, -0.25) is 0 Å². The molecule has 5 nitrogen and oxygen atoms in total. The van der Waals surface area contributed by atoms with Crippen LogP contribution in [-0.2, 0) is 0 Å². The van der Waals surface area contributed by atoms with Crippen LogP contribution in [0.2, 0.25) is 0 Å². The molecule has 1 aromatic heterocycles. The van der Waals surface area contributed by atoms with Gasteiger partial charge in [-0.25, -0.2) is 15.0 Å². The molecule has 1 aromatic rings. The van der Waals surface area contributed by atoms with Crippen molar-refractivity contribution in [2.45, 2.75) is 5.38 Å². The van der Waals surface area contributed by atoms with Crippen LogP contribution in [0.3, 0.4) is 0 Å². The summed E-state index contributed by atoms with van der Waals surface area (Å²) in [5, 5.41) is -2.36. The van der Waals surface area contributed by atoms with Gasteiger partial charge in [-0.05, 0) is 11.6 Å². The van der Waals surface area contributed by atoms with Crippen LogP contribution in [0.5, 0.6) is 0 Å². The van der Waals surface area contributed by atoms with Crippen molar-refractivity contribution < 1.29 is 4.39 Å². The molecular formula is C5H3ClFN5. The minimum atomic E-state index is -2.47. The molecule has 1 unspecified atom stereocenters. The summed E-state index contributed by atoms with van der Waals surface area (Å²) in [6.07, 6.45) is 1.17. The van der Waals surface area contributed by atoms with Crippen molar-refractivity contribution in [1.29, 1.82) is 0 Å². The molecular weight excluding hydrogens is 185 g/mol. The number of nitrogens with zero attached hydrogens (tertiary/aromatic N) is 4. The average Bonchev–Trinajstić information content (AvgIpc) is 2.25. The summed E-state index contributed by atoms with van der Waals surface area (Å²) >= 11 is 5.18. The first kappa shape index (κ1) is 7.35. The van der Waals surface area contributed by atoms with Gasteiger partial charge in [0.15, 0.2) is 16.7 Å². The Morgan fingerprint density at radius 1 is 1.42 bits per heavy atom. The van der Waals surface area contributed by atoms with Gasteiger partial charge in [0.2, 0.25) is 0 Å². The van der Waals surface area contributed by atoms with Crippen molar-refractivity contribution >= 4 is 17.4 Å². The lowest BCUT2D eigenvalue weighted by Gasteiger charge is -1.97. The topological polar surface area (TPSA) is 76.5 Å². The number of alkyl halides is 2. The quantitative estimate of drug-likeness (QED) is 0.424. The molecule has 2 N–H and O–H groups in total. The number of nitrogen functional groups attached to an aromatic ring is 1. The first-order valence-corrected chi connectivity index (χ1v) is 3.40. The molecule has 0 saturated carbocycles. The van der Waals surface area contributed by atoms with Crippen LogP contribution in [0, 0.1) is 0 Å². The van der Waals surface area contributed by atoms with Gasteiger partial charge in [0.1, 0.15) is 6.33 Å². The van der Waals surface area contributed by atoms with Crippen LogP contribution < -0.4 is 16.6 Å². The molecule has 0 spiro atoms. The van der Waals surface area contributed by atoms with Gasteiger partial charge in [0.05, 0.1) is 0 Å². The molecule has 0 radical (unpaired) electrons. The molecule has 2 rings (SSSR count). The fraction of sp³-hybridized carbons (Fsp3) is 0.200. The maximum Gasteiger partial charge on any atom is 0.378 e. The van der Waals surface area contributed by atoms with Gasteiger partial charge in [-0.2, -0.15) is 9.38 Å².